The van der Waals surface area contributed by atoms with Gasteiger partial charge in [0.2, 0.25) is 5.91 Å². The van der Waals surface area contributed by atoms with E-state index in [0.717, 1.165) is 31.6 Å². The molecule has 0 bridgehead atoms. The molecule has 1 aliphatic rings. The summed E-state index contributed by atoms with van der Waals surface area (Å²) in [5.41, 5.74) is 0. The zero-order chi connectivity index (χ0) is 12.8. The van der Waals surface area contributed by atoms with Crippen LogP contribution in [0.2, 0.25) is 0 Å². The van der Waals surface area contributed by atoms with E-state index >= 15 is 0 Å². The molecule has 17 heavy (non-hydrogen) atoms. The van der Waals surface area contributed by atoms with Crippen LogP contribution in [0.1, 0.15) is 52.9 Å². The maximum Gasteiger partial charge on any atom is 0.223 e. The maximum absolute atomic E-state index is 11.8. The summed E-state index contributed by atoms with van der Waals surface area (Å²) in [6, 6.07) is 0. The van der Waals surface area contributed by atoms with Gasteiger partial charge in [-0.3, -0.25) is 9.59 Å². The second kappa shape index (κ2) is 6.77. The van der Waals surface area contributed by atoms with Crippen LogP contribution in [0.25, 0.3) is 0 Å². The first-order valence-electron chi connectivity index (χ1n) is 6.81. The molecule has 1 aliphatic carbocycles. The minimum absolute atomic E-state index is 0.0717. The van der Waals surface area contributed by atoms with Gasteiger partial charge < -0.3 is 5.32 Å². The average Bonchev–Trinajstić information content (AvgIpc) is 2.29. The topological polar surface area (TPSA) is 46.2 Å². The van der Waals surface area contributed by atoms with Crippen LogP contribution in [-0.4, -0.2) is 18.2 Å². The van der Waals surface area contributed by atoms with Crippen molar-refractivity contribution in [1.82, 2.24) is 5.32 Å². The van der Waals surface area contributed by atoms with Crippen molar-refractivity contribution in [2.75, 3.05) is 6.54 Å². The highest BCUT2D eigenvalue weighted by atomic mass is 16.2. The van der Waals surface area contributed by atoms with E-state index in [1.54, 1.807) is 0 Å². The molecule has 0 heterocycles. The number of rotatable bonds is 5. The molecule has 3 nitrogen and oxygen atoms in total. The van der Waals surface area contributed by atoms with Crippen LogP contribution in [-0.2, 0) is 9.59 Å². The van der Waals surface area contributed by atoms with Crippen molar-refractivity contribution in [3.63, 3.8) is 0 Å². The number of carbonyl (C=O) groups is 2. The van der Waals surface area contributed by atoms with Gasteiger partial charge in [-0.1, -0.05) is 20.8 Å². The zero-order valence-electron chi connectivity index (χ0n) is 11.3. The van der Waals surface area contributed by atoms with Gasteiger partial charge in [0.25, 0.3) is 0 Å². The van der Waals surface area contributed by atoms with Gasteiger partial charge in [0.15, 0.2) is 0 Å². The van der Waals surface area contributed by atoms with Crippen LogP contribution < -0.4 is 5.32 Å². The molecule has 3 heteroatoms. The lowest BCUT2D eigenvalue weighted by atomic mass is 9.82. The molecule has 0 atom stereocenters. The van der Waals surface area contributed by atoms with E-state index in [0.29, 0.717) is 13.0 Å². The fourth-order valence-electron chi connectivity index (χ4n) is 2.26. The van der Waals surface area contributed by atoms with Gasteiger partial charge in [-0.2, -0.15) is 0 Å². The third-order valence-corrected chi connectivity index (χ3v) is 3.70. The van der Waals surface area contributed by atoms with Gasteiger partial charge in [0, 0.05) is 24.8 Å². The predicted octanol–water partition coefficient (Wildman–Crippen LogP) is 2.54. The normalized spacial score (nSPS) is 24.7. The van der Waals surface area contributed by atoms with E-state index in [-0.39, 0.29) is 23.5 Å². The first-order valence-corrected chi connectivity index (χ1v) is 6.81. The summed E-state index contributed by atoms with van der Waals surface area (Å²) in [5, 5.41) is 2.89. The third-order valence-electron chi connectivity index (χ3n) is 3.70. The molecule has 0 unspecified atom stereocenters. The first-order chi connectivity index (χ1) is 8.00. The standard InChI is InChI=1S/C14H25NO2/c1-10(2)13(16)8-9-15-14(17)12-6-4-11(3)5-7-12/h10-12H,4-9H2,1-3H3,(H,15,17). The summed E-state index contributed by atoms with van der Waals surface area (Å²) >= 11 is 0. The quantitative estimate of drug-likeness (QED) is 0.801. The maximum atomic E-state index is 11.8. The van der Waals surface area contributed by atoms with Crippen molar-refractivity contribution in [3.8, 4) is 0 Å². The van der Waals surface area contributed by atoms with Crippen LogP contribution >= 0.6 is 0 Å². The van der Waals surface area contributed by atoms with Crippen molar-refractivity contribution >= 4 is 11.7 Å². The predicted molar refractivity (Wildman–Crippen MR) is 68.6 cm³/mol. The SMILES string of the molecule is CC1CCC(C(=O)NCCC(=O)C(C)C)CC1. The number of nitrogens with one attached hydrogen (secondary N) is 1. The van der Waals surface area contributed by atoms with Gasteiger partial charge >= 0.3 is 0 Å². The van der Waals surface area contributed by atoms with E-state index < -0.39 is 0 Å². The summed E-state index contributed by atoms with van der Waals surface area (Å²) in [7, 11) is 0. The van der Waals surface area contributed by atoms with Crippen LogP contribution in [0.4, 0.5) is 0 Å². The minimum Gasteiger partial charge on any atom is -0.355 e. The van der Waals surface area contributed by atoms with Gasteiger partial charge in [-0.15, -0.1) is 0 Å². The molecule has 0 aromatic heterocycles. The Kier molecular flexibility index (Phi) is 5.66. The smallest absolute Gasteiger partial charge is 0.223 e. The molecule has 1 saturated carbocycles. The molecule has 98 valence electrons. The van der Waals surface area contributed by atoms with E-state index in [2.05, 4.69) is 12.2 Å². The fraction of sp³-hybridized carbons (Fsp3) is 0.857. The molecule has 0 saturated heterocycles. The summed E-state index contributed by atoms with van der Waals surface area (Å²) < 4.78 is 0. The lowest BCUT2D eigenvalue weighted by molar-refractivity contribution is -0.126. The van der Waals surface area contributed by atoms with E-state index in [1.807, 2.05) is 13.8 Å². The third kappa shape index (κ3) is 4.88. The highest BCUT2D eigenvalue weighted by Crippen LogP contribution is 2.28. The molecular weight excluding hydrogens is 214 g/mol. The molecule has 0 spiro atoms. The second-order valence-electron chi connectivity index (χ2n) is 5.62. The number of Topliss-reactive ketones (excluding diaryl/α,β-unsaturated/α-hetero) is 1. The monoisotopic (exact) mass is 239 g/mol. The van der Waals surface area contributed by atoms with Crippen LogP contribution in [0, 0.1) is 17.8 Å². The minimum atomic E-state index is 0.0717. The van der Waals surface area contributed by atoms with Crippen molar-refractivity contribution < 1.29 is 9.59 Å². The molecular formula is C14H25NO2. The molecule has 0 aromatic rings. The van der Waals surface area contributed by atoms with Crippen LogP contribution in [0.5, 0.6) is 0 Å². The second-order valence-corrected chi connectivity index (χ2v) is 5.62. The van der Waals surface area contributed by atoms with Gasteiger partial charge in [0.1, 0.15) is 5.78 Å². The Bertz CT molecular complexity index is 265. The van der Waals surface area contributed by atoms with E-state index in [4.69, 9.17) is 0 Å². The zero-order valence-corrected chi connectivity index (χ0v) is 11.3. The molecule has 1 amide bonds. The van der Waals surface area contributed by atoms with Gasteiger partial charge in [-0.25, -0.2) is 0 Å². The lowest BCUT2D eigenvalue weighted by Gasteiger charge is -2.25. The van der Waals surface area contributed by atoms with Gasteiger partial charge in [0.05, 0.1) is 0 Å². The Labute approximate surface area is 104 Å². The van der Waals surface area contributed by atoms with Gasteiger partial charge in [-0.05, 0) is 31.6 Å². The van der Waals surface area contributed by atoms with Crippen LogP contribution in [0.15, 0.2) is 0 Å². The number of hydrogen-bond donors (Lipinski definition) is 1. The summed E-state index contributed by atoms with van der Waals surface area (Å²) in [5.74, 6) is 1.39. The Morgan fingerprint density at radius 3 is 2.29 bits per heavy atom. The molecule has 1 rings (SSSR count). The summed E-state index contributed by atoms with van der Waals surface area (Å²) in [6.45, 7) is 6.54. The fourth-order valence-corrected chi connectivity index (χ4v) is 2.26. The van der Waals surface area contributed by atoms with Crippen molar-refractivity contribution in [2.24, 2.45) is 17.8 Å². The largest absolute Gasteiger partial charge is 0.355 e. The highest BCUT2D eigenvalue weighted by molar-refractivity contribution is 5.82. The summed E-state index contributed by atoms with van der Waals surface area (Å²) in [6.07, 6.45) is 4.79. The molecule has 0 aliphatic heterocycles. The Balaban J connectivity index is 2.19. The van der Waals surface area contributed by atoms with E-state index in [9.17, 15) is 9.59 Å². The van der Waals surface area contributed by atoms with Crippen LogP contribution in [0.3, 0.4) is 0 Å². The van der Waals surface area contributed by atoms with Crippen molar-refractivity contribution in [3.05, 3.63) is 0 Å². The van der Waals surface area contributed by atoms with Crippen molar-refractivity contribution in [2.45, 2.75) is 52.9 Å². The summed E-state index contributed by atoms with van der Waals surface area (Å²) in [4.78, 5) is 23.2. The molecule has 1 fully saturated rings. The first kappa shape index (κ1) is 14.2. The number of hydrogen-bond acceptors (Lipinski definition) is 2. The highest BCUT2D eigenvalue weighted by Gasteiger charge is 2.23. The molecule has 1 N–H and O–H groups in total. The number of ketones is 1. The van der Waals surface area contributed by atoms with Crippen molar-refractivity contribution in [1.29, 1.82) is 0 Å². The Hall–Kier alpha value is -0.860. The number of carbonyl (C=O) groups excluding carboxylic acids is 2. The van der Waals surface area contributed by atoms with E-state index in [1.165, 1.54) is 0 Å². The molecule has 0 radical (unpaired) electrons. The molecule has 0 aromatic carbocycles. The Morgan fingerprint density at radius 2 is 1.76 bits per heavy atom. The Morgan fingerprint density at radius 1 is 1.18 bits per heavy atom. The number of amides is 1. The average molecular weight is 239 g/mol. The lowest BCUT2D eigenvalue weighted by Crippen LogP contribution is -2.34.